The summed E-state index contributed by atoms with van der Waals surface area (Å²) in [6, 6.07) is 0. The summed E-state index contributed by atoms with van der Waals surface area (Å²) in [5.41, 5.74) is 0. The van der Waals surface area contributed by atoms with Gasteiger partial charge in [-0.15, -0.1) is 23.2 Å². The molecular formula is C8H14Cl2F3N2O2P. The molecule has 0 aromatic carbocycles. The molecule has 0 aromatic rings. The molecule has 0 aromatic heterocycles. The Morgan fingerprint density at radius 2 is 1.89 bits per heavy atom. The Labute approximate surface area is 113 Å². The van der Waals surface area contributed by atoms with Gasteiger partial charge in [-0.1, -0.05) is 0 Å². The highest BCUT2D eigenvalue weighted by Gasteiger charge is 2.48. The summed E-state index contributed by atoms with van der Waals surface area (Å²) < 4.78 is 56.0. The van der Waals surface area contributed by atoms with E-state index in [9.17, 15) is 17.7 Å². The van der Waals surface area contributed by atoms with Crippen molar-refractivity contribution in [3.05, 3.63) is 0 Å². The Hall–Kier alpha value is 0.480. The van der Waals surface area contributed by atoms with Gasteiger partial charge in [0, 0.05) is 31.4 Å². The van der Waals surface area contributed by atoms with Crippen LogP contribution >= 0.6 is 30.9 Å². The van der Waals surface area contributed by atoms with Gasteiger partial charge in [0.05, 0.1) is 0 Å². The van der Waals surface area contributed by atoms with Gasteiger partial charge < -0.3 is 0 Å². The third kappa shape index (κ3) is 4.25. The van der Waals surface area contributed by atoms with Crippen LogP contribution in [0.25, 0.3) is 0 Å². The number of hydrogen-bond acceptors (Lipinski definition) is 2. The first-order valence-corrected chi connectivity index (χ1v) is 7.96. The maximum absolute atomic E-state index is 12.6. The van der Waals surface area contributed by atoms with E-state index in [2.05, 4.69) is 5.09 Å². The number of nitrogens with one attached hydrogen (secondary N) is 1. The molecule has 1 saturated heterocycles. The van der Waals surface area contributed by atoms with E-state index in [1.165, 1.54) is 4.67 Å². The molecule has 1 fully saturated rings. The molecule has 0 amide bonds. The van der Waals surface area contributed by atoms with Crippen molar-refractivity contribution in [3.8, 4) is 0 Å². The van der Waals surface area contributed by atoms with Gasteiger partial charge in [-0.2, -0.15) is 13.2 Å². The van der Waals surface area contributed by atoms with Crippen molar-refractivity contribution >= 4 is 30.9 Å². The first kappa shape index (κ1) is 16.5. The minimum absolute atomic E-state index is 0.0253. The van der Waals surface area contributed by atoms with Crippen molar-refractivity contribution < 1.29 is 22.3 Å². The molecule has 0 spiro atoms. The maximum atomic E-state index is 12.6. The fourth-order valence-electron chi connectivity index (χ4n) is 1.56. The fraction of sp³-hybridized carbons (Fsp3) is 1.00. The molecule has 0 saturated carbocycles. The Morgan fingerprint density at radius 1 is 1.33 bits per heavy atom. The van der Waals surface area contributed by atoms with Crippen molar-refractivity contribution in [2.75, 3.05) is 31.4 Å². The van der Waals surface area contributed by atoms with Crippen LogP contribution in [0.5, 0.6) is 0 Å². The molecule has 4 nitrogen and oxygen atoms in total. The summed E-state index contributed by atoms with van der Waals surface area (Å²) in [5, 5.41) is 2.51. The van der Waals surface area contributed by atoms with Crippen LogP contribution in [0.15, 0.2) is 0 Å². The summed E-state index contributed by atoms with van der Waals surface area (Å²) in [7, 11) is -3.71. The van der Waals surface area contributed by atoms with Gasteiger partial charge in [0.25, 0.3) is 0 Å². The van der Waals surface area contributed by atoms with E-state index in [0.29, 0.717) is 0 Å². The lowest BCUT2D eigenvalue weighted by molar-refractivity contribution is -0.200. The Balaban J connectivity index is 2.80. The number of alkyl halides is 5. The summed E-state index contributed by atoms with van der Waals surface area (Å²) in [4.78, 5) is 0. The van der Waals surface area contributed by atoms with E-state index in [4.69, 9.17) is 27.7 Å². The SMILES string of the molecule is O=[P@@]1(N(CCCl)CCCl)NCC[C@H](C(F)(F)F)O1. The van der Waals surface area contributed by atoms with E-state index >= 15 is 0 Å². The summed E-state index contributed by atoms with van der Waals surface area (Å²) >= 11 is 11.1. The highest BCUT2D eigenvalue weighted by Crippen LogP contribution is 2.52. The van der Waals surface area contributed by atoms with E-state index in [-0.39, 0.29) is 37.8 Å². The van der Waals surface area contributed by atoms with Gasteiger partial charge in [0.2, 0.25) is 0 Å². The minimum Gasteiger partial charge on any atom is -0.293 e. The Morgan fingerprint density at radius 3 is 2.33 bits per heavy atom. The van der Waals surface area contributed by atoms with Gasteiger partial charge in [0.15, 0.2) is 6.10 Å². The molecule has 108 valence electrons. The van der Waals surface area contributed by atoms with Crippen molar-refractivity contribution in [3.63, 3.8) is 0 Å². The molecule has 0 bridgehead atoms. The van der Waals surface area contributed by atoms with Gasteiger partial charge in [-0.05, 0) is 6.42 Å². The zero-order valence-electron chi connectivity index (χ0n) is 9.42. The number of halogens is 5. The van der Waals surface area contributed by atoms with Crippen molar-refractivity contribution in [1.82, 2.24) is 9.76 Å². The predicted octanol–water partition coefficient (Wildman–Crippen LogP) is 2.81. The summed E-state index contributed by atoms with van der Waals surface area (Å²) in [5.74, 6) is 0.255. The minimum atomic E-state index is -4.52. The van der Waals surface area contributed by atoms with Crippen molar-refractivity contribution in [2.45, 2.75) is 18.7 Å². The molecule has 10 heteroatoms. The Bertz CT molecular complexity index is 313. The van der Waals surface area contributed by atoms with Crippen LogP contribution in [0.2, 0.25) is 0 Å². The van der Waals surface area contributed by atoms with Crippen molar-refractivity contribution in [2.24, 2.45) is 0 Å². The molecule has 1 aliphatic heterocycles. The van der Waals surface area contributed by atoms with E-state index in [0.717, 1.165) is 0 Å². The van der Waals surface area contributed by atoms with Crippen LogP contribution in [0.3, 0.4) is 0 Å². The first-order valence-electron chi connectivity index (χ1n) is 5.31. The second-order valence-corrected chi connectivity index (χ2v) is 6.57. The molecular weight excluding hydrogens is 315 g/mol. The monoisotopic (exact) mass is 328 g/mol. The third-order valence-electron chi connectivity index (χ3n) is 2.41. The predicted molar refractivity (Wildman–Crippen MR) is 64.2 cm³/mol. The number of hydrogen-bond donors (Lipinski definition) is 1. The third-order valence-corrected chi connectivity index (χ3v) is 5.06. The highest BCUT2D eigenvalue weighted by molar-refractivity contribution is 7.54. The van der Waals surface area contributed by atoms with Crippen LogP contribution in [0.4, 0.5) is 13.2 Å². The highest BCUT2D eigenvalue weighted by atomic mass is 35.5. The Kier molecular flexibility index (Phi) is 6.22. The van der Waals surface area contributed by atoms with Crippen LogP contribution in [0.1, 0.15) is 6.42 Å². The molecule has 0 unspecified atom stereocenters. The normalized spacial score (nSPS) is 29.8. The fourth-order valence-corrected chi connectivity index (χ4v) is 4.32. The zero-order valence-corrected chi connectivity index (χ0v) is 11.8. The first-order chi connectivity index (χ1) is 8.33. The molecule has 1 aliphatic rings. The van der Waals surface area contributed by atoms with E-state index in [1.54, 1.807) is 0 Å². The summed E-state index contributed by atoms with van der Waals surface area (Å²) in [6.07, 6.45) is -6.80. The largest absolute Gasteiger partial charge is 0.415 e. The molecule has 1 rings (SSSR count). The van der Waals surface area contributed by atoms with Gasteiger partial charge >= 0.3 is 13.8 Å². The molecule has 1 N–H and O–H groups in total. The van der Waals surface area contributed by atoms with Crippen LogP contribution < -0.4 is 5.09 Å². The van der Waals surface area contributed by atoms with Gasteiger partial charge in [-0.25, -0.2) is 9.76 Å². The molecule has 1 heterocycles. The maximum Gasteiger partial charge on any atom is 0.415 e. The zero-order chi connectivity index (χ0) is 13.8. The average Bonchev–Trinajstić information content (AvgIpc) is 2.28. The topological polar surface area (TPSA) is 41.6 Å². The van der Waals surface area contributed by atoms with Crippen molar-refractivity contribution in [1.29, 1.82) is 0 Å². The lowest BCUT2D eigenvalue weighted by Crippen LogP contribution is -2.44. The second kappa shape index (κ2) is 6.77. The lowest BCUT2D eigenvalue weighted by Gasteiger charge is -2.37. The lowest BCUT2D eigenvalue weighted by atomic mass is 10.2. The van der Waals surface area contributed by atoms with Crippen LogP contribution in [-0.4, -0.2) is 48.3 Å². The second-order valence-electron chi connectivity index (χ2n) is 3.68. The van der Waals surface area contributed by atoms with Crippen LogP contribution in [0, 0.1) is 0 Å². The average molecular weight is 329 g/mol. The molecule has 0 aliphatic carbocycles. The van der Waals surface area contributed by atoms with Crippen LogP contribution in [-0.2, 0) is 9.09 Å². The van der Waals surface area contributed by atoms with Gasteiger partial charge in [-0.3, -0.25) is 9.09 Å². The molecule has 0 radical (unpaired) electrons. The smallest absolute Gasteiger partial charge is 0.293 e. The molecule has 18 heavy (non-hydrogen) atoms. The number of rotatable bonds is 5. The quantitative estimate of drug-likeness (QED) is 0.622. The van der Waals surface area contributed by atoms with E-state index < -0.39 is 20.0 Å². The van der Waals surface area contributed by atoms with E-state index in [1.807, 2.05) is 0 Å². The summed E-state index contributed by atoms with van der Waals surface area (Å²) in [6.45, 7) is 0.259. The standard InChI is InChI=1S/C8H14Cl2F3N2O2P/c9-2-5-15(6-3-10)18(16)14-4-1-7(17-18)8(11,12)13/h7H,1-6H2,(H,14,16)/t7-,18+/m1/s1. The number of nitrogens with zero attached hydrogens (tertiary/aromatic N) is 1. The molecule has 2 atom stereocenters. The van der Waals surface area contributed by atoms with Gasteiger partial charge in [0.1, 0.15) is 0 Å².